The number of fused-ring (bicyclic) bond motifs is 1. The number of aryl methyl sites for hydroxylation is 1. The predicted molar refractivity (Wildman–Crippen MR) is 90.6 cm³/mol. The van der Waals surface area contributed by atoms with Gasteiger partial charge in [-0.3, -0.25) is 0 Å². The molecule has 1 saturated heterocycles. The Hall–Kier alpha value is 0.100. The lowest BCUT2D eigenvalue weighted by molar-refractivity contribution is 0.202. The summed E-state index contributed by atoms with van der Waals surface area (Å²) in [7, 11) is 0. The summed E-state index contributed by atoms with van der Waals surface area (Å²) in [5.74, 6) is 0. The van der Waals surface area contributed by atoms with Crippen molar-refractivity contribution in [3.8, 4) is 0 Å². The van der Waals surface area contributed by atoms with Crippen LogP contribution in [0, 0.1) is 0 Å². The summed E-state index contributed by atoms with van der Waals surface area (Å²) < 4.78 is 1.29. The first-order valence-electron chi connectivity index (χ1n) is 7.99. The number of thiophene rings is 1. The smallest absolute Gasteiger partial charge is 0.0704 e. The van der Waals surface area contributed by atoms with Gasteiger partial charge in [0.05, 0.1) is 3.79 Å². The van der Waals surface area contributed by atoms with E-state index in [4.69, 9.17) is 0 Å². The van der Waals surface area contributed by atoms with E-state index in [1.165, 1.54) is 61.9 Å². The fourth-order valence-electron chi connectivity index (χ4n) is 3.62. The Labute approximate surface area is 135 Å². The number of hydrogen-bond acceptors (Lipinski definition) is 3. The molecule has 0 saturated carbocycles. The van der Waals surface area contributed by atoms with Crippen molar-refractivity contribution in [1.29, 1.82) is 0 Å². The van der Waals surface area contributed by atoms with Crippen molar-refractivity contribution in [2.45, 2.75) is 57.5 Å². The Morgan fingerprint density at radius 2 is 2.15 bits per heavy atom. The maximum atomic E-state index is 3.88. The third-order valence-corrected chi connectivity index (χ3v) is 6.26. The van der Waals surface area contributed by atoms with Gasteiger partial charge in [-0.25, -0.2) is 0 Å². The van der Waals surface area contributed by atoms with Crippen molar-refractivity contribution in [1.82, 2.24) is 10.2 Å². The van der Waals surface area contributed by atoms with Crippen molar-refractivity contribution in [2.24, 2.45) is 0 Å². The van der Waals surface area contributed by atoms with Gasteiger partial charge in [-0.2, -0.15) is 0 Å². The predicted octanol–water partition coefficient (Wildman–Crippen LogP) is 4.35. The molecule has 20 heavy (non-hydrogen) atoms. The Balaban J connectivity index is 1.57. The van der Waals surface area contributed by atoms with Crippen LogP contribution in [-0.4, -0.2) is 30.6 Å². The van der Waals surface area contributed by atoms with Gasteiger partial charge in [0.15, 0.2) is 0 Å². The molecule has 112 valence electrons. The van der Waals surface area contributed by atoms with Crippen LogP contribution in [0.2, 0.25) is 0 Å². The normalized spacial score (nSPS) is 25.4. The molecular weight excluding hydrogens is 332 g/mol. The summed E-state index contributed by atoms with van der Waals surface area (Å²) in [4.78, 5) is 4.22. The summed E-state index contributed by atoms with van der Waals surface area (Å²) >= 11 is 5.57. The van der Waals surface area contributed by atoms with E-state index in [-0.39, 0.29) is 0 Å². The van der Waals surface area contributed by atoms with E-state index in [1.807, 2.05) is 11.3 Å². The first-order valence-corrected chi connectivity index (χ1v) is 9.60. The van der Waals surface area contributed by atoms with Gasteiger partial charge in [0.2, 0.25) is 0 Å². The SMILES string of the molecule is CC(CN1CCCCC1)NC1CCCc2sc(Br)cc21. The Morgan fingerprint density at radius 1 is 1.35 bits per heavy atom. The molecule has 2 nitrogen and oxygen atoms in total. The average molecular weight is 357 g/mol. The first-order chi connectivity index (χ1) is 9.72. The van der Waals surface area contributed by atoms with Gasteiger partial charge in [-0.15, -0.1) is 11.3 Å². The highest BCUT2D eigenvalue weighted by molar-refractivity contribution is 9.11. The van der Waals surface area contributed by atoms with Crippen LogP contribution in [0.5, 0.6) is 0 Å². The molecule has 1 aromatic heterocycles. The molecule has 2 atom stereocenters. The lowest BCUT2D eigenvalue weighted by atomic mass is 9.93. The van der Waals surface area contributed by atoms with Crippen LogP contribution in [-0.2, 0) is 6.42 Å². The van der Waals surface area contributed by atoms with Gasteiger partial charge in [0.25, 0.3) is 0 Å². The number of likely N-dealkylation sites (tertiary alicyclic amines) is 1. The summed E-state index contributed by atoms with van der Waals surface area (Å²) in [6.07, 6.45) is 8.08. The molecule has 2 unspecified atom stereocenters. The standard InChI is InChI=1S/C16H25BrN2S/c1-12(11-19-8-3-2-4-9-19)18-14-6-5-7-15-13(14)10-16(17)20-15/h10,12,14,18H,2-9,11H2,1H3. The maximum absolute atomic E-state index is 3.88. The molecule has 3 rings (SSSR count). The molecule has 1 aliphatic carbocycles. The van der Waals surface area contributed by atoms with Gasteiger partial charge in [0, 0.05) is 23.5 Å². The molecule has 0 amide bonds. The molecule has 0 aromatic carbocycles. The van der Waals surface area contributed by atoms with Gasteiger partial charge < -0.3 is 10.2 Å². The van der Waals surface area contributed by atoms with Crippen LogP contribution in [0.15, 0.2) is 9.85 Å². The van der Waals surface area contributed by atoms with E-state index in [2.05, 4.69) is 39.1 Å². The minimum Gasteiger partial charge on any atom is -0.306 e. The highest BCUT2D eigenvalue weighted by Crippen LogP contribution is 2.38. The lowest BCUT2D eigenvalue weighted by Gasteiger charge is -2.32. The largest absolute Gasteiger partial charge is 0.306 e. The first kappa shape index (κ1) is 15.0. The molecular formula is C16H25BrN2S. The van der Waals surface area contributed by atoms with Crippen LogP contribution in [0.4, 0.5) is 0 Å². The van der Waals surface area contributed by atoms with Crippen molar-refractivity contribution in [2.75, 3.05) is 19.6 Å². The van der Waals surface area contributed by atoms with E-state index in [1.54, 1.807) is 10.4 Å². The van der Waals surface area contributed by atoms with Gasteiger partial charge in [-0.05, 0) is 79.7 Å². The molecule has 1 aliphatic heterocycles. The summed E-state index contributed by atoms with van der Waals surface area (Å²) in [6, 6.07) is 3.49. The van der Waals surface area contributed by atoms with Gasteiger partial charge >= 0.3 is 0 Å². The summed E-state index contributed by atoms with van der Waals surface area (Å²) in [6.45, 7) is 6.15. The Kier molecular flexibility index (Phi) is 5.18. The molecule has 2 heterocycles. The van der Waals surface area contributed by atoms with Crippen molar-refractivity contribution >= 4 is 27.3 Å². The number of halogens is 1. The van der Waals surface area contributed by atoms with Gasteiger partial charge in [-0.1, -0.05) is 6.42 Å². The highest BCUT2D eigenvalue weighted by Gasteiger charge is 2.24. The minimum atomic E-state index is 0.570. The molecule has 0 spiro atoms. The third-order valence-electron chi connectivity index (χ3n) is 4.55. The molecule has 0 bridgehead atoms. The number of hydrogen-bond donors (Lipinski definition) is 1. The van der Waals surface area contributed by atoms with E-state index in [9.17, 15) is 0 Å². The second-order valence-electron chi connectivity index (χ2n) is 6.30. The van der Waals surface area contributed by atoms with Crippen LogP contribution in [0.1, 0.15) is 55.5 Å². The van der Waals surface area contributed by atoms with Crippen molar-refractivity contribution < 1.29 is 0 Å². The van der Waals surface area contributed by atoms with Crippen molar-refractivity contribution in [3.05, 3.63) is 20.3 Å². The molecule has 1 fully saturated rings. The number of nitrogens with one attached hydrogen (secondary N) is 1. The topological polar surface area (TPSA) is 15.3 Å². The fraction of sp³-hybridized carbons (Fsp3) is 0.750. The van der Waals surface area contributed by atoms with Crippen LogP contribution < -0.4 is 5.32 Å². The van der Waals surface area contributed by atoms with E-state index >= 15 is 0 Å². The van der Waals surface area contributed by atoms with Gasteiger partial charge in [0.1, 0.15) is 0 Å². The number of rotatable bonds is 4. The molecule has 4 heteroatoms. The second kappa shape index (κ2) is 6.91. The Morgan fingerprint density at radius 3 is 2.95 bits per heavy atom. The molecule has 2 aliphatic rings. The monoisotopic (exact) mass is 356 g/mol. The lowest BCUT2D eigenvalue weighted by Crippen LogP contribution is -2.43. The zero-order chi connectivity index (χ0) is 13.9. The zero-order valence-corrected chi connectivity index (χ0v) is 14.7. The van der Waals surface area contributed by atoms with Crippen LogP contribution in [0.3, 0.4) is 0 Å². The Bertz CT molecular complexity index is 440. The van der Waals surface area contributed by atoms with Crippen LogP contribution >= 0.6 is 27.3 Å². The maximum Gasteiger partial charge on any atom is 0.0704 e. The summed E-state index contributed by atoms with van der Waals surface area (Å²) in [5.41, 5.74) is 1.55. The van der Waals surface area contributed by atoms with E-state index < -0.39 is 0 Å². The third kappa shape index (κ3) is 3.65. The van der Waals surface area contributed by atoms with Crippen molar-refractivity contribution in [3.63, 3.8) is 0 Å². The van der Waals surface area contributed by atoms with E-state index in [0.717, 1.165) is 0 Å². The van der Waals surface area contributed by atoms with Crippen LogP contribution in [0.25, 0.3) is 0 Å². The minimum absolute atomic E-state index is 0.570. The molecule has 1 aromatic rings. The second-order valence-corrected chi connectivity index (χ2v) is 8.82. The zero-order valence-electron chi connectivity index (χ0n) is 12.3. The highest BCUT2D eigenvalue weighted by atomic mass is 79.9. The van der Waals surface area contributed by atoms with E-state index in [0.29, 0.717) is 12.1 Å². The quantitative estimate of drug-likeness (QED) is 0.862. The fourth-order valence-corrected chi connectivity index (χ4v) is 5.44. The number of piperidine rings is 1. The molecule has 1 N–H and O–H groups in total. The number of nitrogens with zero attached hydrogens (tertiary/aromatic N) is 1. The molecule has 0 radical (unpaired) electrons. The average Bonchev–Trinajstić information content (AvgIpc) is 2.81. The summed E-state index contributed by atoms with van der Waals surface area (Å²) in [5, 5.41) is 3.88.